The van der Waals surface area contributed by atoms with Gasteiger partial charge in [0.05, 0.1) is 19.8 Å². The number of rotatable bonds is 14. The van der Waals surface area contributed by atoms with Crippen molar-refractivity contribution in [1.29, 1.82) is 0 Å². The van der Waals surface area contributed by atoms with Gasteiger partial charge in [-0.25, -0.2) is 0 Å². The number of nitrogens with one attached hydrogen (secondary N) is 4. The molecule has 1 saturated heterocycles. The van der Waals surface area contributed by atoms with Crippen LogP contribution in [0.15, 0.2) is 54.6 Å². The zero-order chi connectivity index (χ0) is 30.9. The highest BCUT2D eigenvalue weighted by molar-refractivity contribution is 6.02. The van der Waals surface area contributed by atoms with Crippen molar-refractivity contribution in [2.45, 2.75) is 70.1 Å². The number of ether oxygens (including phenoxy) is 2. The topological polar surface area (TPSA) is 139 Å². The number of carbonyl (C=O) groups is 4. The number of fused-ring (bicyclic) bond motifs is 1. The Balaban J connectivity index is 1.31. The summed E-state index contributed by atoms with van der Waals surface area (Å²) >= 11 is 0. The van der Waals surface area contributed by atoms with E-state index in [1.165, 1.54) is 6.42 Å². The minimum Gasteiger partial charge on any atom is -0.496 e. The van der Waals surface area contributed by atoms with E-state index in [0.29, 0.717) is 30.8 Å². The highest BCUT2D eigenvalue weighted by Crippen LogP contribution is 2.29. The molecule has 10 nitrogen and oxygen atoms in total. The summed E-state index contributed by atoms with van der Waals surface area (Å²) in [6.45, 7) is 0.593. The molecule has 2 aliphatic rings. The maximum Gasteiger partial charge on any atom is 0.268 e. The monoisotopic (exact) mass is 602 g/mol. The molecule has 10 heteroatoms. The first kappa shape index (κ1) is 31.3. The Kier molecular flexibility index (Phi) is 10.7. The highest BCUT2D eigenvalue weighted by atomic mass is 16.5. The van der Waals surface area contributed by atoms with Crippen molar-refractivity contribution >= 4 is 34.4 Å². The number of benzene rings is 2. The van der Waals surface area contributed by atoms with Crippen LogP contribution in [-0.4, -0.2) is 60.8 Å². The van der Waals surface area contributed by atoms with E-state index in [2.05, 4.69) is 20.9 Å². The summed E-state index contributed by atoms with van der Waals surface area (Å²) in [6.07, 6.45) is 6.56. The number of amides is 3. The van der Waals surface area contributed by atoms with Gasteiger partial charge in [-0.15, -0.1) is 0 Å². The summed E-state index contributed by atoms with van der Waals surface area (Å²) in [5.41, 5.74) is 2.00. The summed E-state index contributed by atoms with van der Waals surface area (Å²) in [4.78, 5) is 56.3. The zero-order valence-corrected chi connectivity index (χ0v) is 25.2. The van der Waals surface area contributed by atoms with Crippen molar-refractivity contribution in [3.05, 3.63) is 65.9 Å². The fourth-order valence-electron chi connectivity index (χ4n) is 6.29. The van der Waals surface area contributed by atoms with Crippen molar-refractivity contribution in [3.63, 3.8) is 0 Å². The molecule has 2 aromatic carbocycles. The number of H-pyrrole nitrogens is 1. The third-order valence-corrected chi connectivity index (χ3v) is 8.75. The molecule has 44 heavy (non-hydrogen) atoms. The largest absolute Gasteiger partial charge is 0.496 e. The highest BCUT2D eigenvalue weighted by Gasteiger charge is 2.34. The third kappa shape index (κ3) is 8.05. The minimum absolute atomic E-state index is 0.122. The number of hydrogen-bond acceptors (Lipinski definition) is 6. The van der Waals surface area contributed by atoms with Crippen LogP contribution in [0.25, 0.3) is 10.9 Å². The van der Waals surface area contributed by atoms with Crippen LogP contribution in [-0.2, 0) is 25.7 Å². The van der Waals surface area contributed by atoms with Gasteiger partial charge in [0.1, 0.15) is 24.1 Å². The second kappa shape index (κ2) is 15.0. The van der Waals surface area contributed by atoms with Crippen LogP contribution >= 0.6 is 0 Å². The molecular formula is C34H42N4O6. The summed E-state index contributed by atoms with van der Waals surface area (Å²) < 4.78 is 11.1. The number of ketones is 1. The van der Waals surface area contributed by atoms with Gasteiger partial charge in [0.25, 0.3) is 5.91 Å². The Hall–Kier alpha value is -4.18. The van der Waals surface area contributed by atoms with Gasteiger partial charge >= 0.3 is 0 Å². The van der Waals surface area contributed by atoms with Crippen molar-refractivity contribution in [3.8, 4) is 5.75 Å². The van der Waals surface area contributed by atoms with Crippen molar-refractivity contribution < 1.29 is 28.7 Å². The SMILES string of the molecule is COc1cccc2[nH]c(C(=O)N[C@@H](CC3CCCCC3)C(=O)N[C@@H](C[C@@H]3CCNC3=O)C(=O)COCc3ccccc3)cc12. The molecule has 0 radical (unpaired) electrons. The predicted octanol–water partition coefficient (Wildman–Crippen LogP) is 4.04. The second-order valence-corrected chi connectivity index (χ2v) is 11.9. The van der Waals surface area contributed by atoms with Crippen LogP contribution in [0, 0.1) is 11.8 Å². The average molecular weight is 603 g/mol. The molecule has 5 rings (SSSR count). The lowest BCUT2D eigenvalue weighted by atomic mass is 9.84. The first-order valence-corrected chi connectivity index (χ1v) is 15.6. The number of methoxy groups -OCH3 is 1. The molecule has 3 atom stereocenters. The van der Waals surface area contributed by atoms with E-state index < -0.39 is 23.9 Å². The molecule has 3 amide bonds. The molecule has 1 aromatic heterocycles. The average Bonchev–Trinajstić information content (AvgIpc) is 3.67. The molecule has 1 aliphatic carbocycles. The van der Waals surface area contributed by atoms with Crippen LogP contribution in [0.4, 0.5) is 0 Å². The van der Waals surface area contributed by atoms with Gasteiger partial charge in [-0.1, -0.05) is 68.5 Å². The van der Waals surface area contributed by atoms with Crippen molar-refractivity contribution in [2.24, 2.45) is 11.8 Å². The minimum atomic E-state index is -0.921. The summed E-state index contributed by atoms with van der Waals surface area (Å²) in [5.74, 6) is -0.734. The molecule has 0 unspecified atom stereocenters. The first-order valence-electron chi connectivity index (χ1n) is 15.6. The van der Waals surface area contributed by atoms with Gasteiger partial charge in [-0.2, -0.15) is 0 Å². The molecule has 0 bridgehead atoms. The van der Waals surface area contributed by atoms with Gasteiger partial charge in [0, 0.05) is 23.4 Å². The van der Waals surface area contributed by atoms with E-state index >= 15 is 0 Å². The summed E-state index contributed by atoms with van der Waals surface area (Å²) in [6, 6.07) is 15.0. The van der Waals surface area contributed by atoms with E-state index in [-0.39, 0.29) is 43.2 Å². The molecule has 234 valence electrons. The quantitative estimate of drug-likeness (QED) is 0.220. The zero-order valence-electron chi connectivity index (χ0n) is 25.2. The molecule has 2 heterocycles. The van der Waals surface area contributed by atoms with Gasteiger partial charge < -0.3 is 30.4 Å². The van der Waals surface area contributed by atoms with Gasteiger partial charge in [-0.3, -0.25) is 19.2 Å². The van der Waals surface area contributed by atoms with Crippen molar-refractivity contribution in [1.82, 2.24) is 20.9 Å². The van der Waals surface area contributed by atoms with Gasteiger partial charge in [0.15, 0.2) is 5.78 Å². The third-order valence-electron chi connectivity index (χ3n) is 8.75. The van der Waals surface area contributed by atoms with E-state index in [9.17, 15) is 19.2 Å². The summed E-state index contributed by atoms with van der Waals surface area (Å²) in [5, 5.41) is 9.43. The number of hydrogen-bond donors (Lipinski definition) is 4. The van der Waals surface area contributed by atoms with E-state index in [1.807, 2.05) is 48.5 Å². The maximum atomic E-state index is 13.9. The standard InChI is InChI=1S/C34H42N4O6/c1-43-31-14-8-13-26-25(31)19-29(36-26)34(42)38-28(17-22-9-4-2-5-10-22)33(41)37-27(18-24-15-16-35-32(24)40)30(39)21-44-20-23-11-6-3-7-12-23/h3,6-8,11-14,19,22,24,27-28,36H,2,4-5,9-10,15-18,20-21H2,1H3,(H,35,40)(H,37,41)(H,38,42)/t24-,27-,28-/m0/s1. The number of carbonyl (C=O) groups excluding carboxylic acids is 4. The number of Topliss-reactive ketones (excluding diaryl/α,β-unsaturated/α-hetero) is 1. The smallest absolute Gasteiger partial charge is 0.268 e. The lowest BCUT2D eigenvalue weighted by molar-refractivity contribution is -0.133. The summed E-state index contributed by atoms with van der Waals surface area (Å²) in [7, 11) is 1.58. The van der Waals surface area contributed by atoms with Crippen LogP contribution in [0.2, 0.25) is 0 Å². The fourth-order valence-corrected chi connectivity index (χ4v) is 6.29. The molecule has 2 fully saturated rings. The lowest BCUT2D eigenvalue weighted by Crippen LogP contribution is -2.53. The number of aromatic amines is 1. The lowest BCUT2D eigenvalue weighted by Gasteiger charge is -2.28. The van der Waals surface area contributed by atoms with E-state index in [0.717, 1.165) is 42.1 Å². The van der Waals surface area contributed by atoms with Gasteiger partial charge in [-0.05, 0) is 48.9 Å². The van der Waals surface area contributed by atoms with Crippen LogP contribution < -0.4 is 20.7 Å². The fraction of sp³-hybridized carbons (Fsp3) is 0.471. The first-order chi connectivity index (χ1) is 21.4. The predicted molar refractivity (Wildman–Crippen MR) is 166 cm³/mol. The Labute approximate surface area is 257 Å². The normalized spacial score (nSPS) is 18.4. The molecule has 0 spiro atoms. The molecule has 3 aromatic rings. The van der Waals surface area contributed by atoms with Gasteiger partial charge in [0.2, 0.25) is 11.8 Å². The molecule has 4 N–H and O–H groups in total. The van der Waals surface area contributed by atoms with E-state index in [1.54, 1.807) is 13.2 Å². The van der Waals surface area contributed by atoms with Crippen LogP contribution in [0.3, 0.4) is 0 Å². The Morgan fingerprint density at radius 2 is 1.73 bits per heavy atom. The maximum absolute atomic E-state index is 13.9. The van der Waals surface area contributed by atoms with E-state index in [4.69, 9.17) is 9.47 Å². The Morgan fingerprint density at radius 1 is 0.932 bits per heavy atom. The Bertz CT molecular complexity index is 1450. The second-order valence-electron chi connectivity index (χ2n) is 11.9. The number of aromatic nitrogens is 1. The van der Waals surface area contributed by atoms with Crippen molar-refractivity contribution in [2.75, 3.05) is 20.3 Å². The molecule has 1 saturated carbocycles. The van der Waals surface area contributed by atoms with Crippen LogP contribution in [0.5, 0.6) is 5.75 Å². The molecular weight excluding hydrogens is 560 g/mol. The Morgan fingerprint density at radius 3 is 2.45 bits per heavy atom. The molecule has 1 aliphatic heterocycles. The van der Waals surface area contributed by atoms with Crippen LogP contribution in [0.1, 0.15) is 67.4 Å².